The van der Waals surface area contributed by atoms with E-state index < -0.39 is 0 Å². The first-order valence-electron chi connectivity index (χ1n) is 12.8. The van der Waals surface area contributed by atoms with Crippen LogP contribution >= 0.6 is 0 Å². The lowest BCUT2D eigenvalue weighted by Gasteiger charge is -2.51. The number of pyridine rings is 1. The second kappa shape index (κ2) is 8.31. The molecule has 8 nitrogen and oxygen atoms in total. The maximum absolute atomic E-state index is 6.24. The van der Waals surface area contributed by atoms with E-state index in [9.17, 15) is 0 Å². The van der Waals surface area contributed by atoms with Gasteiger partial charge in [0, 0.05) is 92.5 Å². The van der Waals surface area contributed by atoms with E-state index in [4.69, 9.17) is 15.7 Å². The lowest BCUT2D eigenvalue weighted by Crippen LogP contribution is -2.66. The van der Waals surface area contributed by atoms with E-state index in [1.807, 2.05) is 12.3 Å². The van der Waals surface area contributed by atoms with Gasteiger partial charge in [-0.1, -0.05) is 6.07 Å². The van der Waals surface area contributed by atoms with Crippen molar-refractivity contribution in [3.63, 3.8) is 0 Å². The first-order valence-corrected chi connectivity index (χ1v) is 12.8. The first kappa shape index (κ1) is 22.5. The van der Waals surface area contributed by atoms with Crippen LogP contribution in [0.3, 0.4) is 0 Å². The first-order chi connectivity index (χ1) is 16.8. The number of benzene rings is 1. The molecule has 35 heavy (non-hydrogen) atoms. The van der Waals surface area contributed by atoms with Crippen molar-refractivity contribution in [1.29, 1.82) is 0 Å². The molecule has 184 valence electrons. The molecule has 3 aliphatic heterocycles. The van der Waals surface area contributed by atoms with E-state index >= 15 is 0 Å². The smallest absolute Gasteiger partial charge is 0.227 e. The Morgan fingerprint density at radius 3 is 2.57 bits per heavy atom. The summed E-state index contributed by atoms with van der Waals surface area (Å²) in [5.41, 5.74) is 10.7. The monoisotopic (exact) mass is 472 g/mol. The second-order valence-corrected chi connectivity index (χ2v) is 11.1. The highest BCUT2D eigenvalue weighted by molar-refractivity contribution is 5.93. The molecule has 1 aromatic carbocycles. The van der Waals surface area contributed by atoms with Crippen LogP contribution in [0.2, 0.25) is 0 Å². The lowest BCUT2D eigenvalue weighted by molar-refractivity contribution is 0.108. The molecule has 0 amide bonds. The molecule has 3 aromatic rings. The normalized spacial score (nSPS) is 24.4. The summed E-state index contributed by atoms with van der Waals surface area (Å²) < 4.78 is 0. The van der Waals surface area contributed by atoms with E-state index in [0.29, 0.717) is 12.1 Å². The number of hydrogen-bond donors (Lipinski definition) is 1. The summed E-state index contributed by atoms with van der Waals surface area (Å²) in [6, 6.07) is 11.8. The Labute approximate surface area is 207 Å². The van der Waals surface area contributed by atoms with Gasteiger partial charge in [0.25, 0.3) is 0 Å². The maximum Gasteiger partial charge on any atom is 0.227 e. The number of fused-ring (bicyclic) bond motifs is 2. The summed E-state index contributed by atoms with van der Waals surface area (Å²) in [5, 5.41) is 1.25. The van der Waals surface area contributed by atoms with Crippen LogP contribution in [0.15, 0.2) is 36.5 Å². The highest BCUT2D eigenvalue weighted by Crippen LogP contribution is 2.33. The van der Waals surface area contributed by atoms with Gasteiger partial charge in [-0.15, -0.1) is 0 Å². The Hall–Kier alpha value is -2.97. The fourth-order valence-electron chi connectivity index (χ4n) is 6.15. The molecule has 0 radical (unpaired) electrons. The van der Waals surface area contributed by atoms with Gasteiger partial charge in [0.1, 0.15) is 5.82 Å². The predicted molar refractivity (Wildman–Crippen MR) is 142 cm³/mol. The molecule has 8 heteroatoms. The molecule has 0 saturated carbocycles. The molecule has 2 N–H and O–H groups in total. The zero-order chi connectivity index (χ0) is 24.3. The third-order valence-electron chi connectivity index (χ3n) is 7.84. The van der Waals surface area contributed by atoms with Gasteiger partial charge >= 0.3 is 0 Å². The molecule has 3 aliphatic rings. The maximum atomic E-state index is 6.24. The number of nitrogens with zero attached hydrogens (tertiary/aromatic N) is 7. The molecule has 3 fully saturated rings. The lowest BCUT2D eigenvalue weighted by atomic mass is 9.94. The fourth-order valence-corrected chi connectivity index (χ4v) is 6.15. The molecular weight excluding hydrogens is 436 g/mol. The molecule has 5 heterocycles. The van der Waals surface area contributed by atoms with Gasteiger partial charge in [-0.2, -0.15) is 4.98 Å². The van der Waals surface area contributed by atoms with Crippen LogP contribution in [0.1, 0.15) is 25.1 Å². The topological polar surface area (TPSA) is 77.7 Å². The molecule has 2 atom stereocenters. The minimum absolute atomic E-state index is 0.143. The van der Waals surface area contributed by atoms with Crippen molar-refractivity contribution < 1.29 is 0 Å². The largest absolute Gasteiger partial charge is 0.368 e. The van der Waals surface area contributed by atoms with Crippen LogP contribution in [0, 0.1) is 13.8 Å². The number of aromatic nitrogens is 3. The molecule has 0 unspecified atom stereocenters. The predicted octanol–water partition coefficient (Wildman–Crippen LogP) is 2.58. The van der Waals surface area contributed by atoms with Gasteiger partial charge in [0.15, 0.2) is 0 Å². The average Bonchev–Trinajstić information content (AvgIpc) is 2.82. The van der Waals surface area contributed by atoms with Gasteiger partial charge in [-0.05, 0) is 51.5 Å². The van der Waals surface area contributed by atoms with Crippen molar-refractivity contribution in [2.45, 2.75) is 45.3 Å². The van der Waals surface area contributed by atoms with Crippen LogP contribution in [-0.4, -0.2) is 83.3 Å². The highest BCUT2D eigenvalue weighted by Gasteiger charge is 2.39. The third-order valence-corrected chi connectivity index (χ3v) is 7.84. The molecule has 0 spiro atoms. The number of rotatable bonds is 3. The zero-order valence-electron chi connectivity index (χ0n) is 21.3. The van der Waals surface area contributed by atoms with E-state index in [-0.39, 0.29) is 5.54 Å². The molecule has 0 aliphatic carbocycles. The van der Waals surface area contributed by atoms with Crippen molar-refractivity contribution >= 4 is 28.4 Å². The van der Waals surface area contributed by atoms with E-state index in [2.05, 4.69) is 76.5 Å². The van der Waals surface area contributed by atoms with Crippen LogP contribution in [0.25, 0.3) is 10.9 Å². The molecule has 2 aromatic heterocycles. The number of nitrogens with two attached hydrogens (primary N) is 1. The average molecular weight is 473 g/mol. The van der Waals surface area contributed by atoms with Crippen molar-refractivity contribution in [3.05, 3.63) is 47.8 Å². The highest BCUT2D eigenvalue weighted by atomic mass is 15.4. The number of piperazine rings is 2. The molecule has 3 saturated heterocycles. The van der Waals surface area contributed by atoms with Gasteiger partial charge in [-0.25, -0.2) is 4.98 Å². The minimum Gasteiger partial charge on any atom is -0.368 e. The van der Waals surface area contributed by atoms with Crippen molar-refractivity contribution in [2.24, 2.45) is 5.73 Å². The van der Waals surface area contributed by atoms with Crippen molar-refractivity contribution in [1.82, 2.24) is 19.9 Å². The zero-order valence-corrected chi connectivity index (χ0v) is 21.3. The van der Waals surface area contributed by atoms with Crippen molar-refractivity contribution in [3.8, 4) is 0 Å². The third kappa shape index (κ3) is 4.08. The van der Waals surface area contributed by atoms with Crippen molar-refractivity contribution in [2.75, 3.05) is 60.5 Å². The SMILES string of the molecule is Cc1cc(N2CCN3[C@@H](C2)CN(c2ccc(C)c4ncccc24)C[C@H]3C)nc(N2CC(C)(N)C2)n1. The van der Waals surface area contributed by atoms with Gasteiger partial charge in [-0.3, -0.25) is 9.88 Å². The summed E-state index contributed by atoms with van der Waals surface area (Å²) in [4.78, 5) is 24.2. The molecular formula is C27H36N8. The Bertz CT molecular complexity index is 1250. The summed E-state index contributed by atoms with van der Waals surface area (Å²) in [5.74, 6) is 1.84. The summed E-state index contributed by atoms with van der Waals surface area (Å²) in [7, 11) is 0. The summed E-state index contributed by atoms with van der Waals surface area (Å²) in [6.07, 6.45) is 1.89. The van der Waals surface area contributed by atoms with E-state index in [1.54, 1.807) is 0 Å². The summed E-state index contributed by atoms with van der Waals surface area (Å²) in [6.45, 7) is 15.3. The Morgan fingerprint density at radius 2 is 1.77 bits per heavy atom. The van der Waals surface area contributed by atoms with Gasteiger partial charge < -0.3 is 20.4 Å². The van der Waals surface area contributed by atoms with Crippen LogP contribution < -0.4 is 20.4 Å². The fraction of sp³-hybridized carbons (Fsp3) is 0.519. The summed E-state index contributed by atoms with van der Waals surface area (Å²) >= 11 is 0. The van der Waals surface area contributed by atoms with Gasteiger partial charge in [0.05, 0.1) is 5.52 Å². The quantitative estimate of drug-likeness (QED) is 0.623. The minimum atomic E-state index is -0.143. The molecule has 0 bridgehead atoms. The van der Waals surface area contributed by atoms with E-state index in [0.717, 1.165) is 68.8 Å². The Balaban J connectivity index is 1.25. The van der Waals surface area contributed by atoms with Crippen LogP contribution in [0.4, 0.5) is 17.5 Å². The van der Waals surface area contributed by atoms with E-state index in [1.165, 1.54) is 16.6 Å². The van der Waals surface area contributed by atoms with Gasteiger partial charge in [0.2, 0.25) is 5.95 Å². The Kier molecular flexibility index (Phi) is 5.34. The van der Waals surface area contributed by atoms with Crippen LogP contribution in [0.5, 0.6) is 0 Å². The molecule has 6 rings (SSSR count). The number of hydrogen-bond acceptors (Lipinski definition) is 8. The van der Waals surface area contributed by atoms with Crippen LogP contribution in [-0.2, 0) is 0 Å². The standard InChI is InChI=1S/C27H36N8/c1-18-7-8-23(22-6-5-9-29-25(18)22)33-13-20(3)35-11-10-32(14-21(35)15-33)24-12-19(2)30-26(31-24)34-16-27(4,28)17-34/h5-9,12,20-21H,10-11,13-17,28H2,1-4H3/t20-,21+/m1/s1. The Morgan fingerprint density at radius 1 is 0.971 bits per heavy atom. The number of anilines is 3. The number of aryl methyl sites for hydroxylation is 2. The second-order valence-electron chi connectivity index (χ2n) is 11.1.